The van der Waals surface area contributed by atoms with Crippen LogP contribution in [0.25, 0.3) is 10.9 Å². The van der Waals surface area contributed by atoms with Crippen LogP contribution in [-0.2, 0) is 11.3 Å². The summed E-state index contributed by atoms with van der Waals surface area (Å²) in [5.41, 5.74) is 5.30. The largest absolute Gasteiger partial charge is 0.494 e. The van der Waals surface area contributed by atoms with Crippen molar-refractivity contribution in [1.29, 1.82) is 0 Å². The van der Waals surface area contributed by atoms with Crippen LogP contribution in [-0.4, -0.2) is 46.4 Å². The van der Waals surface area contributed by atoms with Gasteiger partial charge >= 0.3 is 5.97 Å². The van der Waals surface area contributed by atoms with E-state index in [-0.39, 0.29) is 5.88 Å². The van der Waals surface area contributed by atoms with E-state index in [0.29, 0.717) is 29.0 Å². The first-order valence-corrected chi connectivity index (χ1v) is 12.1. The van der Waals surface area contributed by atoms with Gasteiger partial charge in [-0.05, 0) is 62.7 Å². The third-order valence-corrected chi connectivity index (χ3v) is 6.36. The van der Waals surface area contributed by atoms with Gasteiger partial charge in [0.2, 0.25) is 0 Å². The molecule has 1 aromatic heterocycles. The zero-order chi connectivity index (χ0) is 24.2. The van der Waals surface area contributed by atoms with Gasteiger partial charge < -0.3 is 14.8 Å². The molecule has 6 nitrogen and oxygen atoms in total. The van der Waals surface area contributed by atoms with Gasteiger partial charge in [0.25, 0.3) is 0 Å². The summed E-state index contributed by atoms with van der Waals surface area (Å²) in [6.45, 7) is 5.36. The second-order valence-electron chi connectivity index (χ2n) is 8.81. The van der Waals surface area contributed by atoms with Crippen LogP contribution in [0.5, 0.6) is 5.88 Å². The van der Waals surface area contributed by atoms with Crippen LogP contribution in [0, 0.1) is 0 Å². The van der Waals surface area contributed by atoms with Crippen molar-refractivity contribution in [2.45, 2.75) is 26.3 Å². The third-order valence-electron chi connectivity index (χ3n) is 6.36. The zero-order valence-electron chi connectivity index (χ0n) is 19.8. The van der Waals surface area contributed by atoms with E-state index in [1.807, 2.05) is 48.5 Å². The first-order valence-electron chi connectivity index (χ1n) is 12.1. The van der Waals surface area contributed by atoms with Crippen LogP contribution in [0.3, 0.4) is 0 Å². The van der Waals surface area contributed by atoms with Crippen LogP contribution < -0.4 is 0 Å². The fourth-order valence-electron chi connectivity index (χ4n) is 4.63. The number of carbonyl (C=O) groups excluding carboxylic acids is 1. The summed E-state index contributed by atoms with van der Waals surface area (Å²) in [5.74, 6) is -0.384. The second kappa shape index (κ2) is 10.2. The van der Waals surface area contributed by atoms with E-state index < -0.39 is 5.97 Å². The number of aliphatic imine (C=N–C) groups is 1. The molecule has 0 amide bonds. The Labute approximate surface area is 204 Å². The average Bonchev–Trinajstić information content (AvgIpc) is 3.50. The Morgan fingerprint density at radius 1 is 1.00 bits per heavy atom. The van der Waals surface area contributed by atoms with Crippen molar-refractivity contribution in [2.75, 3.05) is 19.7 Å². The summed E-state index contributed by atoms with van der Waals surface area (Å²) in [6.07, 6.45) is 2.55. The number of aromatic amines is 1. The standard InChI is InChI=1S/C29H29N3O3/c1-2-35-29(34)22-12-15-24-25(18-22)31-28(33)26(24)27(21-8-4-3-5-9-21)30-23-13-10-20(11-14-23)19-32-16-6-7-17-32/h3-5,8-15,18,31,33H,2,6-7,16-17,19H2,1H3. The van der Waals surface area contributed by atoms with Gasteiger partial charge in [-0.1, -0.05) is 48.5 Å². The average molecular weight is 468 g/mol. The minimum atomic E-state index is -0.393. The molecule has 0 atom stereocenters. The minimum Gasteiger partial charge on any atom is -0.494 e. The Morgan fingerprint density at radius 3 is 2.46 bits per heavy atom. The Balaban J connectivity index is 1.54. The number of aromatic nitrogens is 1. The number of carbonyl (C=O) groups is 1. The molecule has 1 fully saturated rings. The van der Waals surface area contributed by atoms with Crippen molar-refractivity contribution in [2.24, 2.45) is 4.99 Å². The number of ether oxygens (including phenoxy) is 1. The fraction of sp³-hybridized carbons (Fsp3) is 0.241. The van der Waals surface area contributed by atoms with E-state index in [0.717, 1.165) is 36.3 Å². The summed E-state index contributed by atoms with van der Waals surface area (Å²) < 4.78 is 5.12. The Kier molecular flexibility index (Phi) is 6.64. The number of benzene rings is 3. The molecule has 2 N–H and O–H groups in total. The molecule has 0 bridgehead atoms. The summed E-state index contributed by atoms with van der Waals surface area (Å²) >= 11 is 0. The predicted molar refractivity (Wildman–Crippen MR) is 139 cm³/mol. The smallest absolute Gasteiger partial charge is 0.338 e. The minimum absolute atomic E-state index is 0.00858. The number of esters is 1. The van der Waals surface area contributed by atoms with E-state index in [4.69, 9.17) is 9.73 Å². The first kappa shape index (κ1) is 22.9. The third kappa shape index (κ3) is 4.98. The maximum atomic E-state index is 12.2. The van der Waals surface area contributed by atoms with Crippen LogP contribution >= 0.6 is 0 Å². The van der Waals surface area contributed by atoms with Gasteiger partial charge in [-0.15, -0.1) is 0 Å². The van der Waals surface area contributed by atoms with Crippen molar-refractivity contribution >= 4 is 28.3 Å². The number of likely N-dealkylation sites (tertiary alicyclic amines) is 1. The molecular formula is C29H29N3O3. The number of nitrogens with one attached hydrogen (secondary N) is 1. The molecule has 0 spiro atoms. The van der Waals surface area contributed by atoms with Crippen molar-refractivity contribution in [1.82, 2.24) is 9.88 Å². The van der Waals surface area contributed by atoms with Crippen LogP contribution in [0.2, 0.25) is 0 Å². The van der Waals surface area contributed by atoms with E-state index in [9.17, 15) is 9.90 Å². The van der Waals surface area contributed by atoms with Crippen molar-refractivity contribution in [3.05, 3.63) is 95.1 Å². The molecule has 0 saturated carbocycles. The predicted octanol–water partition coefficient (Wildman–Crippen LogP) is 5.82. The van der Waals surface area contributed by atoms with Crippen LogP contribution in [0.4, 0.5) is 5.69 Å². The topological polar surface area (TPSA) is 77.9 Å². The molecule has 5 rings (SSSR count). The highest BCUT2D eigenvalue weighted by Crippen LogP contribution is 2.32. The Bertz CT molecular complexity index is 1350. The lowest BCUT2D eigenvalue weighted by atomic mass is 10.00. The van der Waals surface area contributed by atoms with Gasteiger partial charge in [-0.2, -0.15) is 0 Å². The molecule has 1 saturated heterocycles. The lowest BCUT2D eigenvalue weighted by Crippen LogP contribution is -2.18. The SMILES string of the molecule is CCOC(=O)c1ccc2c(C(=Nc3ccc(CN4CCCC4)cc3)c3ccccc3)c(O)[nH]c2c1. The lowest BCUT2D eigenvalue weighted by molar-refractivity contribution is 0.0526. The molecule has 0 radical (unpaired) electrons. The van der Waals surface area contributed by atoms with Gasteiger partial charge in [-0.25, -0.2) is 9.79 Å². The highest BCUT2D eigenvalue weighted by molar-refractivity contribution is 6.22. The molecule has 6 heteroatoms. The fourth-order valence-corrected chi connectivity index (χ4v) is 4.63. The van der Waals surface area contributed by atoms with Gasteiger partial charge in [0.15, 0.2) is 5.88 Å². The van der Waals surface area contributed by atoms with Crippen molar-refractivity contribution in [3.63, 3.8) is 0 Å². The molecule has 0 aliphatic carbocycles. The van der Waals surface area contributed by atoms with Crippen LogP contribution in [0.1, 0.15) is 46.8 Å². The number of aromatic hydroxyl groups is 1. The molecule has 4 aromatic rings. The Morgan fingerprint density at radius 2 is 1.74 bits per heavy atom. The summed E-state index contributed by atoms with van der Waals surface area (Å²) in [5, 5.41) is 11.7. The number of H-pyrrole nitrogens is 1. The number of hydrogen-bond donors (Lipinski definition) is 2. The van der Waals surface area contributed by atoms with Gasteiger partial charge in [0, 0.05) is 23.0 Å². The highest BCUT2D eigenvalue weighted by Gasteiger charge is 2.20. The van der Waals surface area contributed by atoms with Crippen LogP contribution in [0.15, 0.2) is 77.8 Å². The van der Waals surface area contributed by atoms with E-state index in [2.05, 4.69) is 22.0 Å². The van der Waals surface area contributed by atoms with E-state index in [1.165, 1.54) is 18.4 Å². The molecule has 1 aliphatic rings. The summed E-state index contributed by atoms with van der Waals surface area (Å²) in [7, 11) is 0. The Hall–Kier alpha value is -3.90. The lowest BCUT2D eigenvalue weighted by Gasteiger charge is -2.14. The highest BCUT2D eigenvalue weighted by atomic mass is 16.5. The van der Waals surface area contributed by atoms with Gasteiger partial charge in [0.1, 0.15) is 0 Å². The normalized spacial score (nSPS) is 14.5. The monoisotopic (exact) mass is 467 g/mol. The molecule has 3 aromatic carbocycles. The molecular weight excluding hydrogens is 438 g/mol. The maximum Gasteiger partial charge on any atom is 0.338 e. The van der Waals surface area contributed by atoms with Gasteiger partial charge in [0.05, 0.1) is 29.1 Å². The second-order valence-corrected chi connectivity index (χ2v) is 8.81. The number of nitrogens with zero attached hydrogens (tertiary/aromatic N) is 2. The summed E-state index contributed by atoms with van der Waals surface area (Å²) in [6, 6.07) is 23.4. The molecule has 0 unspecified atom stereocenters. The number of rotatable bonds is 7. The molecule has 178 valence electrons. The first-order chi connectivity index (χ1) is 17.1. The summed E-state index contributed by atoms with van der Waals surface area (Å²) in [4.78, 5) is 22.6. The molecule has 35 heavy (non-hydrogen) atoms. The maximum absolute atomic E-state index is 12.2. The van der Waals surface area contributed by atoms with Crippen molar-refractivity contribution < 1.29 is 14.6 Å². The quantitative estimate of drug-likeness (QED) is 0.265. The number of fused-ring (bicyclic) bond motifs is 1. The number of hydrogen-bond acceptors (Lipinski definition) is 5. The van der Waals surface area contributed by atoms with E-state index >= 15 is 0 Å². The van der Waals surface area contributed by atoms with E-state index in [1.54, 1.807) is 19.1 Å². The van der Waals surface area contributed by atoms with Gasteiger partial charge in [-0.3, -0.25) is 4.90 Å². The molecule has 1 aliphatic heterocycles. The zero-order valence-corrected chi connectivity index (χ0v) is 19.8. The molecule has 2 heterocycles. The van der Waals surface area contributed by atoms with Crippen molar-refractivity contribution in [3.8, 4) is 5.88 Å².